The number of hydrogen-bond acceptors (Lipinski definition) is 3. The van der Waals surface area contributed by atoms with E-state index in [1.807, 2.05) is 0 Å². The third-order valence-electron chi connectivity index (χ3n) is 1.67. The number of hydrogen-bond donors (Lipinski definition) is 2. The number of nitrogens with zero attached hydrogens (tertiary/aromatic N) is 2. The van der Waals surface area contributed by atoms with Crippen molar-refractivity contribution in [3.8, 4) is 0 Å². The number of anilines is 1. The van der Waals surface area contributed by atoms with Crippen molar-refractivity contribution in [3.63, 3.8) is 0 Å². The van der Waals surface area contributed by atoms with E-state index in [1.54, 1.807) is 6.92 Å². The lowest BCUT2D eigenvalue weighted by atomic mass is 10.3. The molecule has 3 N–H and O–H groups in total. The van der Waals surface area contributed by atoms with E-state index in [2.05, 4.69) is 5.10 Å². The van der Waals surface area contributed by atoms with Crippen LogP contribution in [0.15, 0.2) is 0 Å². The molecular weight excluding hydrogens is 177 g/mol. The van der Waals surface area contributed by atoms with Crippen LogP contribution in [0.3, 0.4) is 0 Å². The number of halogens is 1. The van der Waals surface area contributed by atoms with E-state index < -0.39 is 12.6 Å². The number of aromatic nitrogens is 2. The van der Waals surface area contributed by atoms with Crippen LogP contribution in [0.2, 0.25) is 0 Å². The van der Waals surface area contributed by atoms with Crippen LogP contribution < -0.4 is 5.73 Å². The molecule has 0 saturated carbocycles. The molecule has 0 radical (unpaired) electrons. The summed E-state index contributed by atoms with van der Waals surface area (Å²) in [4.78, 5) is 10.7. The number of aromatic carboxylic acids is 1. The number of nitrogens with two attached hydrogens (primary N) is 1. The smallest absolute Gasteiger partial charge is 0.356 e. The van der Waals surface area contributed by atoms with Crippen LogP contribution in [0.4, 0.5) is 10.1 Å². The number of carbonyl (C=O) groups is 1. The standard InChI is InChI=1S/C7H10FN3O2/c1-4-5(9)6(7(12)13)11(10-4)3-2-8/h2-3,9H2,1H3,(H,12,13). The van der Waals surface area contributed by atoms with Crippen LogP contribution in [0.5, 0.6) is 0 Å². The summed E-state index contributed by atoms with van der Waals surface area (Å²) in [7, 11) is 0. The lowest BCUT2D eigenvalue weighted by molar-refractivity contribution is 0.0684. The summed E-state index contributed by atoms with van der Waals surface area (Å²) in [5, 5.41) is 12.5. The summed E-state index contributed by atoms with van der Waals surface area (Å²) >= 11 is 0. The van der Waals surface area contributed by atoms with Gasteiger partial charge in [-0.2, -0.15) is 5.10 Å². The van der Waals surface area contributed by atoms with Crippen molar-refractivity contribution < 1.29 is 14.3 Å². The molecule has 1 aromatic heterocycles. The van der Waals surface area contributed by atoms with Gasteiger partial charge in [-0.25, -0.2) is 9.18 Å². The van der Waals surface area contributed by atoms with E-state index in [0.717, 1.165) is 4.68 Å². The average Bonchev–Trinajstić information content (AvgIpc) is 2.28. The van der Waals surface area contributed by atoms with E-state index in [1.165, 1.54) is 0 Å². The first-order chi connectivity index (χ1) is 6.07. The van der Waals surface area contributed by atoms with Crippen LogP contribution >= 0.6 is 0 Å². The Labute approximate surface area is 74.0 Å². The molecule has 1 aromatic rings. The van der Waals surface area contributed by atoms with Gasteiger partial charge in [0.25, 0.3) is 0 Å². The molecule has 0 amide bonds. The molecule has 5 nitrogen and oxygen atoms in total. The first kappa shape index (κ1) is 9.50. The lowest BCUT2D eigenvalue weighted by Crippen LogP contribution is -2.12. The van der Waals surface area contributed by atoms with Crippen LogP contribution in [0.1, 0.15) is 16.2 Å². The second kappa shape index (κ2) is 3.42. The normalized spacial score (nSPS) is 10.3. The molecule has 0 fully saturated rings. The van der Waals surface area contributed by atoms with Crippen LogP contribution in [-0.2, 0) is 6.54 Å². The summed E-state index contributed by atoms with van der Waals surface area (Å²) in [6.07, 6.45) is 0. The van der Waals surface area contributed by atoms with Gasteiger partial charge in [0.05, 0.1) is 17.9 Å². The fourth-order valence-electron chi connectivity index (χ4n) is 1.06. The van der Waals surface area contributed by atoms with Crippen LogP contribution in [0, 0.1) is 6.92 Å². The summed E-state index contributed by atoms with van der Waals surface area (Å²) in [5.74, 6) is -1.19. The maximum atomic E-state index is 12.0. The second-order valence-electron chi connectivity index (χ2n) is 2.56. The molecule has 13 heavy (non-hydrogen) atoms. The Balaban J connectivity index is 3.18. The monoisotopic (exact) mass is 187 g/mol. The average molecular weight is 187 g/mol. The van der Waals surface area contributed by atoms with Gasteiger partial charge in [-0.3, -0.25) is 4.68 Å². The molecule has 0 spiro atoms. The highest BCUT2D eigenvalue weighted by Gasteiger charge is 2.18. The molecule has 0 bridgehead atoms. The zero-order valence-electron chi connectivity index (χ0n) is 7.12. The van der Waals surface area contributed by atoms with Gasteiger partial charge < -0.3 is 10.8 Å². The van der Waals surface area contributed by atoms with E-state index in [0.29, 0.717) is 5.69 Å². The minimum Gasteiger partial charge on any atom is -0.476 e. The summed E-state index contributed by atoms with van der Waals surface area (Å²) < 4.78 is 13.0. The molecule has 0 unspecified atom stereocenters. The predicted molar refractivity (Wildman–Crippen MR) is 44.3 cm³/mol. The zero-order chi connectivity index (χ0) is 10.0. The first-order valence-corrected chi connectivity index (χ1v) is 3.70. The highest BCUT2D eigenvalue weighted by Crippen LogP contribution is 2.15. The van der Waals surface area contributed by atoms with E-state index >= 15 is 0 Å². The molecule has 6 heteroatoms. The summed E-state index contributed by atoms with van der Waals surface area (Å²) in [6.45, 7) is 0.830. The zero-order valence-corrected chi connectivity index (χ0v) is 7.12. The fourth-order valence-corrected chi connectivity index (χ4v) is 1.06. The Morgan fingerprint density at radius 1 is 1.77 bits per heavy atom. The van der Waals surface area contributed by atoms with Crippen LogP contribution in [0.25, 0.3) is 0 Å². The molecule has 0 aromatic carbocycles. The Hall–Kier alpha value is -1.59. The predicted octanol–water partition coefficient (Wildman–Crippen LogP) is 0.441. The minimum atomic E-state index is -1.19. The largest absolute Gasteiger partial charge is 0.476 e. The van der Waals surface area contributed by atoms with Crippen molar-refractivity contribution in [2.24, 2.45) is 0 Å². The van der Waals surface area contributed by atoms with Crippen molar-refractivity contribution in [2.45, 2.75) is 13.5 Å². The van der Waals surface area contributed by atoms with Gasteiger partial charge in [-0.05, 0) is 6.92 Å². The van der Waals surface area contributed by atoms with Crippen molar-refractivity contribution in [2.75, 3.05) is 12.4 Å². The molecule has 0 aliphatic rings. The molecule has 72 valence electrons. The summed E-state index contributed by atoms with van der Waals surface area (Å²) in [5.41, 5.74) is 5.81. The third kappa shape index (κ3) is 1.61. The van der Waals surface area contributed by atoms with Crippen molar-refractivity contribution >= 4 is 11.7 Å². The van der Waals surface area contributed by atoms with Gasteiger partial charge in [0.1, 0.15) is 6.67 Å². The molecule has 0 aliphatic heterocycles. The topological polar surface area (TPSA) is 81.1 Å². The number of aryl methyl sites for hydroxylation is 2. The Morgan fingerprint density at radius 2 is 2.38 bits per heavy atom. The minimum absolute atomic E-state index is 0.0837. The van der Waals surface area contributed by atoms with Crippen molar-refractivity contribution in [1.82, 2.24) is 9.78 Å². The second-order valence-corrected chi connectivity index (χ2v) is 2.56. The quantitative estimate of drug-likeness (QED) is 0.719. The van der Waals surface area contributed by atoms with E-state index in [-0.39, 0.29) is 17.9 Å². The third-order valence-corrected chi connectivity index (χ3v) is 1.67. The Bertz CT molecular complexity index is 335. The molecule has 1 heterocycles. The maximum Gasteiger partial charge on any atom is 0.356 e. The van der Waals surface area contributed by atoms with Crippen LogP contribution in [-0.4, -0.2) is 27.5 Å². The van der Waals surface area contributed by atoms with Gasteiger partial charge in [0, 0.05) is 0 Å². The Morgan fingerprint density at radius 3 is 2.85 bits per heavy atom. The van der Waals surface area contributed by atoms with Gasteiger partial charge in [-0.15, -0.1) is 0 Å². The number of carboxylic acids is 1. The lowest BCUT2D eigenvalue weighted by Gasteiger charge is -1.99. The van der Waals surface area contributed by atoms with Gasteiger partial charge in [0.15, 0.2) is 5.69 Å². The van der Waals surface area contributed by atoms with E-state index in [4.69, 9.17) is 10.8 Å². The van der Waals surface area contributed by atoms with E-state index in [9.17, 15) is 9.18 Å². The van der Waals surface area contributed by atoms with Gasteiger partial charge in [-0.1, -0.05) is 0 Å². The molecular formula is C7H10FN3O2. The SMILES string of the molecule is Cc1nn(CCF)c(C(=O)O)c1N. The molecule has 0 aliphatic carbocycles. The van der Waals surface area contributed by atoms with Gasteiger partial charge in [0.2, 0.25) is 0 Å². The number of rotatable bonds is 3. The first-order valence-electron chi connectivity index (χ1n) is 3.70. The fraction of sp³-hybridized carbons (Fsp3) is 0.429. The van der Waals surface area contributed by atoms with Gasteiger partial charge >= 0.3 is 5.97 Å². The number of carboxylic acid groups (broad SMARTS) is 1. The number of nitrogen functional groups attached to an aromatic ring is 1. The highest BCUT2D eigenvalue weighted by atomic mass is 19.1. The van der Waals surface area contributed by atoms with Crippen molar-refractivity contribution in [3.05, 3.63) is 11.4 Å². The summed E-state index contributed by atoms with van der Waals surface area (Å²) in [6, 6.07) is 0. The maximum absolute atomic E-state index is 12.0. The molecule has 0 atom stereocenters. The Kier molecular flexibility index (Phi) is 2.50. The number of alkyl halides is 1. The molecule has 0 saturated heterocycles. The highest BCUT2D eigenvalue weighted by molar-refractivity contribution is 5.92. The molecule has 1 rings (SSSR count). The van der Waals surface area contributed by atoms with Crippen molar-refractivity contribution in [1.29, 1.82) is 0 Å².